The van der Waals surface area contributed by atoms with Gasteiger partial charge in [0.1, 0.15) is 11.5 Å². The molecule has 146 valence electrons. The van der Waals surface area contributed by atoms with Crippen molar-refractivity contribution < 1.29 is 14.6 Å². The van der Waals surface area contributed by atoms with E-state index in [-0.39, 0.29) is 5.92 Å². The van der Waals surface area contributed by atoms with Crippen molar-refractivity contribution in [3.63, 3.8) is 0 Å². The van der Waals surface area contributed by atoms with Gasteiger partial charge < -0.3 is 19.5 Å². The van der Waals surface area contributed by atoms with Gasteiger partial charge in [-0.3, -0.25) is 0 Å². The van der Waals surface area contributed by atoms with Crippen LogP contribution in [0, 0.1) is 5.92 Å². The van der Waals surface area contributed by atoms with Gasteiger partial charge in [0.2, 0.25) is 0 Å². The van der Waals surface area contributed by atoms with Gasteiger partial charge in [-0.05, 0) is 55.0 Å². The summed E-state index contributed by atoms with van der Waals surface area (Å²) in [5.41, 5.74) is 2.41. The standard InChI is InChI=1S/C23H31NO3/c1-24(2)21-11-6-5-9-17(21)15-18-10-7-8-14-23(18,25)20-16-19(26-3)12-13-22(20)27-4/h5-6,9,11-13,16,18,25H,7-8,10,14-15H2,1-4H3. The summed E-state index contributed by atoms with van der Waals surface area (Å²) in [6, 6.07) is 14.2. The van der Waals surface area contributed by atoms with Crippen molar-refractivity contribution in [3.8, 4) is 11.5 Å². The Morgan fingerprint density at radius 3 is 2.56 bits per heavy atom. The minimum Gasteiger partial charge on any atom is -0.497 e. The third-order valence-electron chi connectivity index (χ3n) is 5.85. The Hall–Kier alpha value is -2.20. The molecule has 1 aliphatic rings. The molecular formula is C23H31NO3. The zero-order valence-electron chi connectivity index (χ0n) is 16.9. The fourth-order valence-electron chi connectivity index (χ4n) is 4.39. The molecule has 0 aliphatic heterocycles. The van der Waals surface area contributed by atoms with Crippen LogP contribution in [0.3, 0.4) is 0 Å². The topological polar surface area (TPSA) is 41.9 Å². The molecule has 0 aromatic heterocycles. The first kappa shape index (κ1) is 19.6. The number of anilines is 1. The summed E-state index contributed by atoms with van der Waals surface area (Å²) < 4.78 is 11.0. The normalized spacial score (nSPS) is 22.3. The van der Waals surface area contributed by atoms with Gasteiger partial charge in [-0.1, -0.05) is 31.0 Å². The molecule has 0 spiro atoms. The number of hydrogen-bond donors (Lipinski definition) is 1. The zero-order chi connectivity index (χ0) is 19.4. The molecule has 0 saturated heterocycles. The van der Waals surface area contributed by atoms with Gasteiger partial charge in [0, 0.05) is 25.3 Å². The van der Waals surface area contributed by atoms with Crippen LogP contribution in [0.25, 0.3) is 0 Å². The first-order valence-electron chi connectivity index (χ1n) is 9.69. The highest BCUT2D eigenvalue weighted by molar-refractivity contribution is 5.53. The second-order valence-electron chi connectivity index (χ2n) is 7.66. The zero-order valence-corrected chi connectivity index (χ0v) is 16.9. The molecule has 1 saturated carbocycles. The molecule has 4 nitrogen and oxygen atoms in total. The lowest BCUT2D eigenvalue weighted by Crippen LogP contribution is -2.39. The van der Waals surface area contributed by atoms with Crippen LogP contribution >= 0.6 is 0 Å². The van der Waals surface area contributed by atoms with Crippen molar-refractivity contribution in [1.29, 1.82) is 0 Å². The first-order valence-corrected chi connectivity index (χ1v) is 9.69. The summed E-state index contributed by atoms with van der Waals surface area (Å²) in [7, 11) is 7.45. The molecule has 2 atom stereocenters. The van der Waals surface area contributed by atoms with Crippen LogP contribution in [0.2, 0.25) is 0 Å². The second kappa shape index (κ2) is 8.22. The van der Waals surface area contributed by atoms with E-state index in [4.69, 9.17) is 9.47 Å². The monoisotopic (exact) mass is 369 g/mol. The van der Waals surface area contributed by atoms with Gasteiger partial charge in [0.15, 0.2) is 0 Å². The number of rotatable bonds is 6. The molecule has 27 heavy (non-hydrogen) atoms. The lowest BCUT2D eigenvalue weighted by atomic mass is 9.69. The molecule has 3 rings (SSSR count). The van der Waals surface area contributed by atoms with Gasteiger partial charge >= 0.3 is 0 Å². The molecule has 4 heteroatoms. The summed E-state index contributed by atoms with van der Waals surface area (Å²) in [6.45, 7) is 0. The van der Waals surface area contributed by atoms with E-state index >= 15 is 0 Å². The SMILES string of the molecule is COc1ccc(OC)c(C2(O)CCCCC2Cc2ccccc2N(C)C)c1. The maximum Gasteiger partial charge on any atom is 0.125 e. The van der Waals surface area contributed by atoms with Crippen LogP contribution in [-0.4, -0.2) is 33.4 Å². The maximum absolute atomic E-state index is 11.9. The predicted octanol–water partition coefficient (Wildman–Crippen LogP) is 4.39. The van der Waals surface area contributed by atoms with Gasteiger partial charge in [0.25, 0.3) is 0 Å². The first-order chi connectivity index (χ1) is 13.0. The van der Waals surface area contributed by atoms with Crippen molar-refractivity contribution in [2.24, 2.45) is 5.92 Å². The molecule has 0 bridgehead atoms. The van der Waals surface area contributed by atoms with E-state index in [0.717, 1.165) is 49.2 Å². The minimum absolute atomic E-state index is 0.133. The van der Waals surface area contributed by atoms with Gasteiger partial charge in [-0.2, -0.15) is 0 Å². The van der Waals surface area contributed by atoms with Crippen molar-refractivity contribution in [2.45, 2.75) is 37.7 Å². The average molecular weight is 370 g/mol. The number of hydrogen-bond acceptors (Lipinski definition) is 4. The van der Waals surface area contributed by atoms with Crippen molar-refractivity contribution in [1.82, 2.24) is 0 Å². The Labute approximate surface area is 162 Å². The number of para-hydroxylation sites is 1. The van der Waals surface area contributed by atoms with Crippen LogP contribution in [0.1, 0.15) is 36.8 Å². The van der Waals surface area contributed by atoms with Crippen LogP contribution in [0.4, 0.5) is 5.69 Å². The Morgan fingerprint density at radius 2 is 1.85 bits per heavy atom. The smallest absolute Gasteiger partial charge is 0.125 e. The van der Waals surface area contributed by atoms with Crippen LogP contribution in [0.15, 0.2) is 42.5 Å². The third-order valence-corrected chi connectivity index (χ3v) is 5.85. The predicted molar refractivity (Wildman–Crippen MR) is 110 cm³/mol. The van der Waals surface area contributed by atoms with Crippen LogP contribution in [-0.2, 0) is 12.0 Å². The Kier molecular flexibility index (Phi) is 5.95. The fraction of sp³-hybridized carbons (Fsp3) is 0.478. The second-order valence-corrected chi connectivity index (χ2v) is 7.66. The third kappa shape index (κ3) is 3.91. The van der Waals surface area contributed by atoms with E-state index < -0.39 is 5.60 Å². The molecule has 1 fully saturated rings. The Bertz CT molecular complexity index is 774. The molecule has 1 aliphatic carbocycles. The van der Waals surface area contributed by atoms with Crippen LogP contribution in [0.5, 0.6) is 11.5 Å². The molecule has 2 aromatic rings. The van der Waals surface area contributed by atoms with E-state index in [9.17, 15) is 5.11 Å². The van der Waals surface area contributed by atoms with E-state index in [0.29, 0.717) is 0 Å². The van der Waals surface area contributed by atoms with E-state index in [2.05, 4.69) is 43.3 Å². The molecule has 2 aromatic carbocycles. The summed E-state index contributed by atoms with van der Waals surface area (Å²) in [6.07, 6.45) is 4.74. The molecule has 0 radical (unpaired) electrons. The summed E-state index contributed by atoms with van der Waals surface area (Å²) in [5, 5.41) is 11.9. The number of aliphatic hydroxyl groups is 1. The molecular weight excluding hydrogens is 338 g/mol. The molecule has 0 amide bonds. The lowest BCUT2D eigenvalue weighted by Gasteiger charge is -2.41. The van der Waals surface area contributed by atoms with Crippen LogP contribution < -0.4 is 14.4 Å². The lowest BCUT2D eigenvalue weighted by molar-refractivity contribution is -0.0558. The van der Waals surface area contributed by atoms with Gasteiger partial charge in [-0.25, -0.2) is 0 Å². The van der Waals surface area contributed by atoms with E-state index in [1.54, 1.807) is 14.2 Å². The van der Waals surface area contributed by atoms with Gasteiger partial charge in [-0.15, -0.1) is 0 Å². The average Bonchev–Trinajstić information content (AvgIpc) is 2.69. The quantitative estimate of drug-likeness (QED) is 0.820. The largest absolute Gasteiger partial charge is 0.497 e. The molecule has 1 N–H and O–H groups in total. The highest BCUT2D eigenvalue weighted by Gasteiger charge is 2.42. The summed E-state index contributed by atoms with van der Waals surface area (Å²) in [5.74, 6) is 1.61. The molecule has 2 unspecified atom stereocenters. The van der Waals surface area contributed by atoms with E-state index in [1.165, 1.54) is 11.3 Å². The number of methoxy groups -OCH3 is 2. The van der Waals surface area contributed by atoms with Crippen molar-refractivity contribution in [3.05, 3.63) is 53.6 Å². The van der Waals surface area contributed by atoms with Crippen molar-refractivity contribution >= 4 is 5.69 Å². The Balaban J connectivity index is 2.01. The number of ether oxygens (including phenoxy) is 2. The van der Waals surface area contributed by atoms with E-state index in [1.807, 2.05) is 18.2 Å². The van der Waals surface area contributed by atoms with Crippen molar-refractivity contribution in [2.75, 3.05) is 33.2 Å². The maximum atomic E-state index is 11.9. The van der Waals surface area contributed by atoms with Gasteiger partial charge in [0.05, 0.1) is 19.8 Å². The fourth-order valence-corrected chi connectivity index (χ4v) is 4.39. The molecule has 0 heterocycles. The minimum atomic E-state index is -0.919. The Morgan fingerprint density at radius 1 is 1.07 bits per heavy atom. The summed E-state index contributed by atoms with van der Waals surface area (Å²) >= 11 is 0. The highest BCUT2D eigenvalue weighted by atomic mass is 16.5. The summed E-state index contributed by atoms with van der Waals surface area (Å²) in [4.78, 5) is 2.14. The number of benzene rings is 2. The number of nitrogens with zero attached hydrogens (tertiary/aromatic N) is 1. The highest BCUT2D eigenvalue weighted by Crippen LogP contribution is 2.47.